The summed E-state index contributed by atoms with van der Waals surface area (Å²) in [5.41, 5.74) is 2.39. The van der Waals surface area contributed by atoms with Crippen LogP contribution in [0.1, 0.15) is 24.2 Å². The van der Waals surface area contributed by atoms with Gasteiger partial charge in [-0.2, -0.15) is 5.10 Å². The summed E-state index contributed by atoms with van der Waals surface area (Å²) in [6, 6.07) is 7.09. The maximum Gasteiger partial charge on any atom is 0.128 e. The molecule has 1 atom stereocenters. The number of aryl methyl sites for hydroxylation is 1. The van der Waals surface area contributed by atoms with Gasteiger partial charge in [0.05, 0.1) is 11.7 Å². The second-order valence-corrected chi connectivity index (χ2v) is 3.84. The van der Waals surface area contributed by atoms with E-state index in [4.69, 9.17) is 0 Å². The molecule has 0 fully saturated rings. The lowest BCUT2D eigenvalue weighted by atomic mass is 10.2. The summed E-state index contributed by atoms with van der Waals surface area (Å²) in [7, 11) is 0. The molecule has 0 amide bonds. The molecule has 1 aromatic carbocycles. The van der Waals surface area contributed by atoms with Crippen molar-refractivity contribution in [3.8, 4) is 0 Å². The van der Waals surface area contributed by atoms with Crippen LogP contribution in [0.15, 0.2) is 30.5 Å². The van der Waals surface area contributed by atoms with Gasteiger partial charge in [0.2, 0.25) is 0 Å². The summed E-state index contributed by atoms with van der Waals surface area (Å²) in [5, 5.41) is 9.96. The molecule has 0 aliphatic carbocycles. The molecule has 3 nitrogen and oxygen atoms in total. The molecule has 1 heterocycles. The average molecular weight is 219 g/mol. The van der Waals surface area contributed by atoms with E-state index >= 15 is 0 Å². The van der Waals surface area contributed by atoms with Gasteiger partial charge in [-0.3, -0.25) is 5.10 Å². The van der Waals surface area contributed by atoms with Gasteiger partial charge in [0.1, 0.15) is 5.82 Å². The van der Waals surface area contributed by atoms with Gasteiger partial charge in [0.25, 0.3) is 0 Å². The van der Waals surface area contributed by atoms with E-state index in [1.165, 1.54) is 6.07 Å². The number of hydrogen-bond acceptors (Lipinski definition) is 2. The Bertz CT molecular complexity index is 465. The first kappa shape index (κ1) is 10.7. The fourth-order valence-electron chi connectivity index (χ4n) is 1.52. The summed E-state index contributed by atoms with van der Waals surface area (Å²) in [6.07, 6.45) is 1.70. The Morgan fingerprint density at radius 1 is 1.38 bits per heavy atom. The number of halogens is 1. The SMILES string of the molecule is Cc1ccc(NC(C)c2ccn[nH]2)cc1F. The minimum atomic E-state index is -0.193. The van der Waals surface area contributed by atoms with Crippen LogP contribution in [0.25, 0.3) is 0 Å². The zero-order valence-electron chi connectivity index (χ0n) is 9.29. The summed E-state index contributed by atoms with van der Waals surface area (Å²) < 4.78 is 13.3. The lowest BCUT2D eigenvalue weighted by Crippen LogP contribution is -2.07. The van der Waals surface area contributed by atoms with Crippen molar-refractivity contribution in [2.45, 2.75) is 19.9 Å². The minimum Gasteiger partial charge on any atom is -0.377 e. The van der Waals surface area contributed by atoms with E-state index in [9.17, 15) is 4.39 Å². The minimum absolute atomic E-state index is 0.0737. The molecule has 0 aliphatic heterocycles. The van der Waals surface area contributed by atoms with Crippen molar-refractivity contribution in [2.75, 3.05) is 5.32 Å². The standard InChI is InChI=1S/C12H14FN3/c1-8-3-4-10(7-11(8)13)15-9(2)12-5-6-14-16-12/h3-7,9,15H,1-2H3,(H,14,16). The van der Waals surface area contributed by atoms with Gasteiger partial charge in [0.15, 0.2) is 0 Å². The maximum absolute atomic E-state index is 13.3. The van der Waals surface area contributed by atoms with Crippen molar-refractivity contribution in [3.05, 3.63) is 47.5 Å². The Labute approximate surface area is 93.7 Å². The second kappa shape index (κ2) is 4.35. The first-order valence-corrected chi connectivity index (χ1v) is 5.19. The molecule has 4 heteroatoms. The van der Waals surface area contributed by atoms with E-state index in [1.807, 2.05) is 19.1 Å². The van der Waals surface area contributed by atoms with Gasteiger partial charge in [-0.15, -0.1) is 0 Å². The van der Waals surface area contributed by atoms with Gasteiger partial charge in [-0.25, -0.2) is 4.39 Å². The second-order valence-electron chi connectivity index (χ2n) is 3.84. The van der Waals surface area contributed by atoms with Crippen LogP contribution in [0.4, 0.5) is 10.1 Å². The number of benzene rings is 1. The Balaban J connectivity index is 2.12. The number of anilines is 1. The van der Waals surface area contributed by atoms with Gasteiger partial charge in [-0.05, 0) is 37.6 Å². The maximum atomic E-state index is 13.3. The first-order valence-electron chi connectivity index (χ1n) is 5.19. The molecule has 1 unspecified atom stereocenters. The monoisotopic (exact) mass is 219 g/mol. The highest BCUT2D eigenvalue weighted by Gasteiger charge is 2.07. The third-order valence-corrected chi connectivity index (χ3v) is 2.54. The Hall–Kier alpha value is -1.84. The van der Waals surface area contributed by atoms with Crippen molar-refractivity contribution in [1.82, 2.24) is 10.2 Å². The van der Waals surface area contributed by atoms with E-state index in [1.54, 1.807) is 19.2 Å². The van der Waals surface area contributed by atoms with Crippen LogP contribution in [0.5, 0.6) is 0 Å². The predicted octanol–water partition coefficient (Wildman–Crippen LogP) is 3.03. The summed E-state index contributed by atoms with van der Waals surface area (Å²) in [5.74, 6) is -0.193. The van der Waals surface area contributed by atoms with Crippen LogP contribution in [0.3, 0.4) is 0 Å². The van der Waals surface area contributed by atoms with E-state index in [-0.39, 0.29) is 11.9 Å². The zero-order chi connectivity index (χ0) is 11.5. The van der Waals surface area contributed by atoms with Gasteiger partial charge in [0, 0.05) is 11.9 Å². The molecule has 16 heavy (non-hydrogen) atoms. The van der Waals surface area contributed by atoms with Gasteiger partial charge in [-0.1, -0.05) is 6.07 Å². The molecule has 1 aromatic heterocycles. The lowest BCUT2D eigenvalue weighted by Gasteiger charge is -2.13. The number of aromatic nitrogens is 2. The molecule has 0 aliphatic rings. The number of nitrogens with zero attached hydrogens (tertiary/aromatic N) is 1. The third-order valence-electron chi connectivity index (χ3n) is 2.54. The fourth-order valence-corrected chi connectivity index (χ4v) is 1.52. The van der Waals surface area contributed by atoms with E-state index in [0.29, 0.717) is 5.56 Å². The van der Waals surface area contributed by atoms with E-state index in [0.717, 1.165) is 11.4 Å². The zero-order valence-corrected chi connectivity index (χ0v) is 9.29. The molecule has 2 N–H and O–H groups in total. The van der Waals surface area contributed by atoms with Gasteiger partial charge >= 0.3 is 0 Å². The number of H-pyrrole nitrogens is 1. The smallest absolute Gasteiger partial charge is 0.128 e. The Morgan fingerprint density at radius 2 is 2.19 bits per heavy atom. The highest BCUT2D eigenvalue weighted by molar-refractivity contribution is 5.46. The number of aromatic amines is 1. The van der Waals surface area contributed by atoms with Crippen molar-refractivity contribution in [1.29, 1.82) is 0 Å². The normalized spacial score (nSPS) is 12.4. The average Bonchev–Trinajstić information content (AvgIpc) is 2.77. The number of hydrogen-bond donors (Lipinski definition) is 2. The largest absolute Gasteiger partial charge is 0.377 e. The highest BCUT2D eigenvalue weighted by Crippen LogP contribution is 2.19. The van der Waals surface area contributed by atoms with Crippen LogP contribution in [-0.4, -0.2) is 10.2 Å². The fraction of sp³-hybridized carbons (Fsp3) is 0.250. The molecule has 0 radical (unpaired) electrons. The number of nitrogens with one attached hydrogen (secondary N) is 2. The van der Waals surface area contributed by atoms with Crippen molar-refractivity contribution in [2.24, 2.45) is 0 Å². The number of rotatable bonds is 3. The Kier molecular flexibility index (Phi) is 2.90. The van der Waals surface area contributed by atoms with Crippen LogP contribution in [-0.2, 0) is 0 Å². The Morgan fingerprint density at radius 3 is 2.81 bits per heavy atom. The van der Waals surface area contributed by atoms with Crippen LogP contribution >= 0.6 is 0 Å². The van der Waals surface area contributed by atoms with Crippen molar-refractivity contribution < 1.29 is 4.39 Å². The lowest BCUT2D eigenvalue weighted by molar-refractivity contribution is 0.618. The molecule has 0 saturated heterocycles. The summed E-state index contributed by atoms with van der Waals surface area (Å²) >= 11 is 0. The molecule has 84 valence electrons. The quantitative estimate of drug-likeness (QED) is 0.833. The van der Waals surface area contributed by atoms with Crippen LogP contribution in [0, 0.1) is 12.7 Å². The molecule has 0 bridgehead atoms. The van der Waals surface area contributed by atoms with Crippen molar-refractivity contribution in [3.63, 3.8) is 0 Å². The molecule has 2 rings (SSSR count). The molecular formula is C12H14FN3. The molecule has 2 aromatic rings. The third kappa shape index (κ3) is 2.21. The van der Waals surface area contributed by atoms with Crippen LogP contribution in [0.2, 0.25) is 0 Å². The summed E-state index contributed by atoms with van der Waals surface area (Å²) in [4.78, 5) is 0. The van der Waals surface area contributed by atoms with E-state index in [2.05, 4.69) is 15.5 Å². The molecule has 0 spiro atoms. The molecular weight excluding hydrogens is 205 g/mol. The van der Waals surface area contributed by atoms with E-state index < -0.39 is 0 Å². The van der Waals surface area contributed by atoms with Crippen molar-refractivity contribution >= 4 is 5.69 Å². The highest BCUT2D eigenvalue weighted by atomic mass is 19.1. The summed E-state index contributed by atoms with van der Waals surface area (Å²) in [6.45, 7) is 3.74. The topological polar surface area (TPSA) is 40.7 Å². The molecule has 0 saturated carbocycles. The van der Waals surface area contributed by atoms with Crippen LogP contribution < -0.4 is 5.32 Å². The first-order chi connectivity index (χ1) is 7.66. The predicted molar refractivity (Wildman–Crippen MR) is 61.8 cm³/mol. The van der Waals surface area contributed by atoms with Gasteiger partial charge < -0.3 is 5.32 Å².